The maximum atomic E-state index is 12.3. The van der Waals surface area contributed by atoms with Gasteiger partial charge in [-0.3, -0.25) is 9.69 Å². The lowest BCUT2D eigenvalue weighted by molar-refractivity contribution is -0.129. The van der Waals surface area contributed by atoms with Crippen molar-refractivity contribution in [1.82, 2.24) is 14.7 Å². The lowest BCUT2D eigenvalue weighted by Gasteiger charge is -2.37. The van der Waals surface area contributed by atoms with E-state index in [0.717, 1.165) is 31.7 Å². The van der Waals surface area contributed by atoms with Gasteiger partial charge >= 0.3 is 0 Å². The summed E-state index contributed by atoms with van der Waals surface area (Å²) >= 11 is 1.62. The summed E-state index contributed by atoms with van der Waals surface area (Å²) in [6, 6.07) is 2.10. The minimum Gasteiger partial charge on any atom is -0.390 e. The predicted molar refractivity (Wildman–Crippen MR) is 83.5 cm³/mol. The van der Waals surface area contributed by atoms with Crippen LogP contribution in [0, 0.1) is 0 Å². The van der Waals surface area contributed by atoms with Crippen LogP contribution in [-0.2, 0) is 11.2 Å². The summed E-state index contributed by atoms with van der Waals surface area (Å²) < 4.78 is 0. The van der Waals surface area contributed by atoms with Crippen LogP contribution in [0.5, 0.6) is 0 Å². The average Bonchev–Trinajstić information content (AvgIpc) is 3.09. The summed E-state index contributed by atoms with van der Waals surface area (Å²) in [5.41, 5.74) is 1.07. The third-order valence-electron chi connectivity index (χ3n) is 4.55. The molecule has 0 aliphatic carbocycles. The fourth-order valence-corrected chi connectivity index (χ4v) is 3.83. The number of carbonyl (C=O) groups is 1. The normalized spacial score (nSPS) is 28.2. The smallest absolute Gasteiger partial charge is 0.227 e. The van der Waals surface area contributed by atoms with Crippen LogP contribution in [0.1, 0.15) is 5.56 Å². The van der Waals surface area contributed by atoms with E-state index in [1.165, 1.54) is 0 Å². The lowest BCUT2D eigenvalue weighted by Crippen LogP contribution is -2.52. The zero-order valence-corrected chi connectivity index (χ0v) is 13.3. The van der Waals surface area contributed by atoms with Gasteiger partial charge in [0.15, 0.2) is 0 Å². The second-order valence-electron chi connectivity index (χ2n) is 6.08. The van der Waals surface area contributed by atoms with Gasteiger partial charge in [-0.25, -0.2) is 0 Å². The molecule has 1 amide bonds. The molecule has 3 rings (SSSR count). The van der Waals surface area contributed by atoms with E-state index >= 15 is 0 Å². The van der Waals surface area contributed by atoms with Crippen LogP contribution < -0.4 is 0 Å². The molecule has 2 atom stereocenters. The Bertz CT molecular complexity index is 471. The van der Waals surface area contributed by atoms with E-state index in [0.29, 0.717) is 19.5 Å². The van der Waals surface area contributed by atoms with Crippen LogP contribution in [0.15, 0.2) is 16.8 Å². The molecule has 1 N–H and O–H groups in total. The predicted octanol–water partition coefficient (Wildman–Crippen LogP) is 0.110. The monoisotopic (exact) mass is 309 g/mol. The molecule has 5 nitrogen and oxygen atoms in total. The first-order chi connectivity index (χ1) is 10.1. The Kier molecular flexibility index (Phi) is 4.59. The van der Waals surface area contributed by atoms with Gasteiger partial charge in [-0.05, 0) is 29.4 Å². The molecule has 3 heterocycles. The van der Waals surface area contributed by atoms with E-state index in [-0.39, 0.29) is 11.9 Å². The van der Waals surface area contributed by atoms with Crippen molar-refractivity contribution in [2.45, 2.75) is 18.6 Å². The number of β-amino-alcohol motifs (C(OH)–C–C–N with tert-alkyl or cyclic N) is 1. The number of likely N-dealkylation sites (tertiary alicyclic amines) is 1. The third-order valence-corrected chi connectivity index (χ3v) is 5.29. The maximum absolute atomic E-state index is 12.3. The van der Waals surface area contributed by atoms with Crippen LogP contribution in [0.2, 0.25) is 0 Å². The summed E-state index contributed by atoms with van der Waals surface area (Å²) in [6.07, 6.45) is 0.0333. The molecule has 0 spiro atoms. The van der Waals surface area contributed by atoms with Crippen molar-refractivity contribution in [3.63, 3.8) is 0 Å². The first-order valence-electron chi connectivity index (χ1n) is 7.53. The van der Waals surface area contributed by atoms with Crippen molar-refractivity contribution in [2.75, 3.05) is 46.3 Å². The van der Waals surface area contributed by atoms with Crippen LogP contribution in [-0.4, -0.2) is 84.2 Å². The summed E-state index contributed by atoms with van der Waals surface area (Å²) in [4.78, 5) is 18.8. The Morgan fingerprint density at radius 1 is 1.33 bits per heavy atom. The Morgan fingerprint density at radius 3 is 2.76 bits per heavy atom. The largest absolute Gasteiger partial charge is 0.390 e. The van der Waals surface area contributed by atoms with Crippen LogP contribution in [0.4, 0.5) is 0 Å². The van der Waals surface area contributed by atoms with E-state index < -0.39 is 6.10 Å². The molecule has 2 aliphatic heterocycles. The molecule has 0 radical (unpaired) electrons. The highest BCUT2D eigenvalue weighted by Gasteiger charge is 2.38. The van der Waals surface area contributed by atoms with Crippen LogP contribution in [0.25, 0.3) is 0 Å². The van der Waals surface area contributed by atoms with E-state index in [9.17, 15) is 9.90 Å². The molecule has 2 aliphatic rings. The van der Waals surface area contributed by atoms with Gasteiger partial charge in [-0.2, -0.15) is 11.3 Å². The van der Waals surface area contributed by atoms with Gasteiger partial charge in [-0.1, -0.05) is 0 Å². The minimum atomic E-state index is -0.417. The number of piperazine rings is 1. The fourth-order valence-electron chi connectivity index (χ4n) is 3.17. The summed E-state index contributed by atoms with van der Waals surface area (Å²) in [5.74, 6) is 0.129. The van der Waals surface area contributed by atoms with E-state index in [2.05, 4.69) is 16.8 Å². The molecule has 2 fully saturated rings. The van der Waals surface area contributed by atoms with Crippen LogP contribution in [0.3, 0.4) is 0 Å². The number of hydrogen-bond acceptors (Lipinski definition) is 5. The minimum absolute atomic E-state index is 0.102. The lowest BCUT2D eigenvalue weighted by atomic mass is 10.1. The fraction of sp³-hybridized carbons (Fsp3) is 0.667. The quantitative estimate of drug-likeness (QED) is 0.861. The highest BCUT2D eigenvalue weighted by Crippen LogP contribution is 2.19. The van der Waals surface area contributed by atoms with Gasteiger partial charge in [0.1, 0.15) is 0 Å². The van der Waals surface area contributed by atoms with Crippen molar-refractivity contribution in [1.29, 1.82) is 0 Å². The summed E-state index contributed by atoms with van der Waals surface area (Å²) in [5, 5.41) is 14.3. The highest BCUT2D eigenvalue weighted by atomic mass is 32.1. The molecule has 21 heavy (non-hydrogen) atoms. The number of rotatable bonds is 3. The Morgan fingerprint density at radius 2 is 2.10 bits per heavy atom. The van der Waals surface area contributed by atoms with Gasteiger partial charge < -0.3 is 14.9 Å². The SMILES string of the molecule is CN1CCN([C@@H]2CN(C(=O)Cc3ccsc3)C[C@H]2O)CC1. The number of amides is 1. The van der Waals surface area contributed by atoms with Crippen molar-refractivity contribution in [3.05, 3.63) is 22.4 Å². The van der Waals surface area contributed by atoms with Gasteiger partial charge in [0, 0.05) is 39.3 Å². The molecule has 0 bridgehead atoms. The van der Waals surface area contributed by atoms with Crippen molar-refractivity contribution in [3.8, 4) is 0 Å². The van der Waals surface area contributed by atoms with E-state index in [4.69, 9.17) is 0 Å². The van der Waals surface area contributed by atoms with Crippen molar-refractivity contribution in [2.24, 2.45) is 0 Å². The molecule has 116 valence electrons. The van der Waals surface area contributed by atoms with Crippen molar-refractivity contribution >= 4 is 17.2 Å². The molecular weight excluding hydrogens is 286 g/mol. The Labute approximate surface area is 129 Å². The molecule has 0 unspecified atom stereocenters. The van der Waals surface area contributed by atoms with Gasteiger partial charge in [-0.15, -0.1) is 0 Å². The molecular formula is C15H23N3O2S. The molecule has 0 aromatic carbocycles. The van der Waals surface area contributed by atoms with Gasteiger partial charge in [0.25, 0.3) is 0 Å². The number of likely N-dealkylation sites (N-methyl/N-ethyl adjacent to an activating group) is 1. The number of aliphatic hydroxyl groups is 1. The molecule has 1 aromatic rings. The number of thiophene rings is 1. The van der Waals surface area contributed by atoms with E-state index in [1.807, 2.05) is 21.7 Å². The first kappa shape index (κ1) is 15.0. The van der Waals surface area contributed by atoms with Crippen LogP contribution >= 0.6 is 11.3 Å². The number of aliphatic hydroxyl groups excluding tert-OH is 1. The van der Waals surface area contributed by atoms with Crippen molar-refractivity contribution < 1.29 is 9.90 Å². The number of hydrogen-bond donors (Lipinski definition) is 1. The molecule has 2 saturated heterocycles. The topological polar surface area (TPSA) is 47.0 Å². The molecule has 0 saturated carbocycles. The van der Waals surface area contributed by atoms with Gasteiger partial charge in [0.2, 0.25) is 5.91 Å². The maximum Gasteiger partial charge on any atom is 0.227 e. The molecule has 1 aromatic heterocycles. The average molecular weight is 309 g/mol. The zero-order chi connectivity index (χ0) is 14.8. The third kappa shape index (κ3) is 3.45. The second-order valence-corrected chi connectivity index (χ2v) is 6.86. The summed E-state index contributed by atoms with van der Waals surface area (Å²) in [6.45, 7) is 5.15. The first-order valence-corrected chi connectivity index (χ1v) is 8.47. The number of carbonyl (C=O) groups excluding carboxylic acids is 1. The zero-order valence-electron chi connectivity index (χ0n) is 12.4. The Balaban J connectivity index is 1.56. The molecule has 6 heteroatoms. The number of nitrogens with zero attached hydrogens (tertiary/aromatic N) is 3. The standard InChI is InChI=1S/C15H23N3O2S/c1-16-3-5-17(6-4-16)13-9-18(10-14(13)19)15(20)8-12-2-7-21-11-12/h2,7,11,13-14,19H,3-6,8-10H2,1H3/t13-,14-/m1/s1. The Hall–Kier alpha value is -0.950. The summed E-state index contributed by atoms with van der Waals surface area (Å²) in [7, 11) is 2.12. The highest BCUT2D eigenvalue weighted by molar-refractivity contribution is 7.07. The van der Waals surface area contributed by atoms with E-state index in [1.54, 1.807) is 11.3 Å². The van der Waals surface area contributed by atoms with Gasteiger partial charge in [0.05, 0.1) is 18.6 Å². The second kappa shape index (κ2) is 6.44.